The third kappa shape index (κ3) is 4.59. The summed E-state index contributed by atoms with van der Waals surface area (Å²) in [5.74, 6) is -0.134. The van der Waals surface area contributed by atoms with Crippen LogP contribution in [0.3, 0.4) is 0 Å². The van der Waals surface area contributed by atoms with Crippen LogP contribution in [0.2, 0.25) is 0 Å². The average Bonchev–Trinajstić information content (AvgIpc) is 3.30. The molecule has 2 amide bonds. The summed E-state index contributed by atoms with van der Waals surface area (Å²) in [6.07, 6.45) is 3.72. The number of likely N-dealkylation sites (N-methyl/N-ethyl adjacent to an activating group) is 1. The quantitative estimate of drug-likeness (QED) is 0.469. The van der Waals surface area contributed by atoms with E-state index in [0.717, 1.165) is 45.5 Å². The van der Waals surface area contributed by atoms with Crippen molar-refractivity contribution >= 4 is 28.4 Å². The molecule has 1 aliphatic heterocycles. The van der Waals surface area contributed by atoms with Crippen LogP contribution in [0, 0.1) is 6.92 Å². The average molecular weight is 483 g/mol. The molecule has 1 atom stereocenters. The molecule has 0 spiro atoms. The summed E-state index contributed by atoms with van der Waals surface area (Å²) < 4.78 is 1.75. The number of rotatable bonds is 5. The van der Waals surface area contributed by atoms with E-state index in [-0.39, 0.29) is 17.9 Å². The summed E-state index contributed by atoms with van der Waals surface area (Å²) in [7, 11) is 3.81. The number of fused-ring (bicyclic) bond motifs is 1. The van der Waals surface area contributed by atoms with Crippen LogP contribution in [0.15, 0.2) is 60.9 Å². The molecule has 0 unspecified atom stereocenters. The number of anilines is 1. The van der Waals surface area contributed by atoms with Crippen molar-refractivity contribution in [1.82, 2.24) is 25.0 Å². The highest BCUT2D eigenvalue weighted by atomic mass is 16.2. The molecule has 1 N–H and O–H groups in total. The first kappa shape index (κ1) is 23.7. The van der Waals surface area contributed by atoms with Crippen LogP contribution in [0.25, 0.3) is 22.2 Å². The van der Waals surface area contributed by atoms with Gasteiger partial charge in [0.1, 0.15) is 0 Å². The maximum Gasteiger partial charge on any atom is 0.252 e. The molecule has 0 aliphatic carbocycles. The molecule has 8 nitrogen and oxygen atoms in total. The maximum absolute atomic E-state index is 13.5. The third-order valence-corrected chi connectivity index (χ3v) is 6.75. The number of hydrogen-bond donors (Lipinski definition) is 1. The van der Waals surface area contributed by atoms with Crippen LogP contribution >= 0.6 is 0 Å². The third-order valence-electron chi connectivity index (χ3n) is 6.75. The molecule has 36 heavy (non-hydrogen) atoms. The monoisotopic (exact) mass is 482 g/mol. The van der Waals surface area contributed by atoms with Gasteiger partial charge in [0.15, 0.2) is 0 Å². The standard InChI is InChI=1S/C28H30N6O2/c1-18-9-10-21(34-12-11-32(3)17-27(34)35)13-23(18)28(36)30-19(2)24-14-26(20-15-29-33(4)16-20)31-25-8-6-5-7-22(24)25/h5-10,13-16,19H,11-12,17H2,1-4H3,(H,30,36)/t19-/m1/s1. The van der Waals surface area contributed by atoms with E-state index in [0.29, 0.717) is 18.7 Å². The van der Waals surface area contributed by atoms with Crippen LogP contribution in [-0.2, 0) is 11.8 Å². The number of nitrogens with one attached hydrogen (secondary N) is 1. The van der Waals surface area contributed by atoms with Crippen LogP contribution in [0.4, 0.5) is 5.69 Å². The number of hydrogen-bond acceptors (Lipinski definition) is 5. The van der Waals surface area contributed by atoms with Crippen LogP contribution in [-0.4, -0.2) is 58.2 Å². The summed E-state index contributed by atoms with van der Waals surface area (Å²) in [4.78, 5) is 34.6. The van der Waals surface area contributed by atoms with Crippen molar-refractivity contribution in [1.29, 1.82) is 0 Å². The number of carbonyl (C=O) groups excluding carboxylic acids is 2. The summed E-state index contributed by atoms with van der Waals surface area (Å²) >= 11 is 0. The second-order valence-electron chi connectivity index (χ2n) is 9.49. The second kappa shape index (κ2) is 9.54. The molecule has 2 aromatic heterocycles. The van der Waals surface area contributed by atoms with Gasteiger partial charge in [0.25, 0.3) is 5.91 Å². The minimum atomic E-state index is -0.269. The molecule has 184 valence electrons. The van der Waals surface area contributed by atoms with Gasteiger partial charge in [-0.15, -0.1) is 0 Å². The SMILES string of the molecule is Cc1ccc(N2CCN(C)CC2=O)cc1C(=O)N[C@H](C)c1cc(-c2cnn(C)c2)nc2ccccc12. The van der Waals surface area contributed by atoms with Gasteiger partial charge in [-0.1, -0.05) is 24.3 Å². The molecule has 1 saturated heterocycles. The zero-order valence-corrected chi connectivity index (χ0v) is 21.0. The number of piperazine rings is 1. The summed E-state index contributed by atoms with van der Waals surface area (Å²) in [6.45, 7) is 5.68. The molecule has 0 saturated carbocycles. The van der Waals surface area contributed by atoms with Gasteiger partial charge in [0.05, 0.1) is 30.0 Å². The number of para-hydroxylation sites is 1. The van der Waals surface area contributed by atoms with Gasteiger partial charge in [-0.2, -0.15) is 5.10 Å². The van der Waals surface area contributed by atoms with Crippen molar-refractivity contribution in [3.8, 4) is 11.3 Å². The first-order valence-electron chi connectivity index (χ1n) is 12.1. The van der Waals surface area contributed by atoms with Crippen LogP contribution < -0.4 is 10.2 Å². The Labute approximate surface area is 210 Å². The number of nitrogens with zero attached hydrogens (tertiary/aromatic N) is 5. The molecular formula is C28H30N6O2. The number of aryl methyl sites for hydroxylation is 2. The lowest BCUT2D eigenvalue weighted by Crippen LogP contribution is -2.49. The van der Waals surface area contributed by atoms with Gasteiger partial charge in [0.2, 0.25) is 5.91 Å². The lowest BCUT2D eigenvalue weighted by molar-refractivity contribution is -0.120. The smallest absolute Gasteiger partial charge is 0.252 e. The summed E-state index contributed by atoms with van der Waals surface area (Å²) in [6, 6.07) is 15.3. The molecule has 8 heteroatoms. The van der Waals surface area contributed by atoms with E-state index in [4.69, 9.17) is 4.98 Å². The normalized spacial score (nSPS) is 15.3. The van der Waals surface area contributed by atoms with Gasteiger partial charge < -0.3 is 10.2 Å². The Morgan fingerprint density at radius 2 is 1.89 bits per heavy atom. The summed E-state index contributed by atoms with van der Waals surface area (Å²) in [5, 5.41) is 8.45. The predicted octanol–water partition coefficient (Wildman–Crippen LogP) is 3.71. The van der Waals surface area contributed by atoms with Crippen molar-refractivity contribution in [2.75, 3.05) is 31.6 Å². The second-order valence-corrected chi connectivity index (χ2v) is 9.49. The zero-order valence-electron chi connectivity index (χ0n) is 21.0. The molecule has 2 aromatic carbocycles. The largest absolute Gasteiger partial charge is 0.345 e. The lowest BCUT2D eigenvalue weighted by atomic mass is 9.99. The van der Waals surface area contributed by atoms with Crippen molar-refractivity contribution in [2.24, 2.45) is 7.05 Å². The Balaban J connectivity index is 1.45. The van der Waals surface area contributed by atoms with Crippen molar-refractivity contribution in [3.63, 3.8) is 0 Å². The van der Waals surface area contributed by atoms with Crippen molar-refractivity contribution in [3.05, 3.63) is 77.6 Å². The Hall–Kier alpha value is -4.04. The number of benzene rings is 2. The van der Waals surface area contributed by atoms with E-state index in [1.807, 2.05) is 87.6 Å². The van der Waals surface area contributed by atoms with E-state index >= 15 is 0 Å². The summed E-state index contributed by atoms with van der Waals surface area (Å²) in [5.41, 5.74) is 5.76. The fraction of sp³-hybridized carbons (Fsp3) is 0.286. The molecule has 4 aromatic rings. The molecular weight excluding hydrogens is 452 g/mol. The fourth-order valence-corrected chi connectivity index (χ4v) is 4.70. The Morgan fingerprint density at radius 1 is 1.08 bits per heavy atom. The predicted molar refractivity (Wildman–Crippen MR) is 141 cm³/mol. The Morgan fingerprint density at radius 3 is 2.64 bits per heavy atom. The van der Waals surface area contributed by atoms with Crippen LogP contribution in [0.5, 0.6) is 0 Å². The zero-order chi connectivity index (χ0) is 25.4. The molecule has 0 radical (unpaired) electrons. The van der Waals surface area contributed by atoms with Crippen molar-refractivity contribution < 1.29 is 9.59 Å². The molecule has 1 aliphatic rings. The number of amides is 2. The van der Waals surface area contributed by atoms with E-state index in [1.165, 1.54) is 0 Å². The first-order valence-corrected chi connectivity index (χ1v) is 12.1. The molecule has 1 fully saturated rings. The first-order chi connectivity index (χ1) is 17.3. The highest BCUT2D eigenvalue weighted by Crippen LogP contribution is 2.29. The van der Waals surface area contributed by atoms with E-state index in [1.54, 1.807) is 15.8 Å². The molecule has 0 bridgehead atoms. The Kier molecular flexibility index (Phi) is 6.28. The van der Waals surface area contributed by atoms with Gasteiger partial charge in [0, 0.05) is 48.5 Å². The number of pyridine rings is 1. The minimum Gasteiger partial charge on any atom is -0.345 e. The van der Waals surface area contributed by atoms with E-state index in [9.17, 15) is 9.59 Å². The molecule has 5 rings (SSSR count). The minimum absolute atomic E-state index is 0.0403. The maximum atomic E-state index is 13.5. The highest BCUT2D eigenvalue weighted by molar-refractivity contribution is 6.00. The van der Waals surface area contributed by atoms with Gasteiger partial charge in [-0.25, -0.2) is 4.98 Å². The van der Waals surface area contributed by atoms with Gasteiger partial charge in [-0.3, -0.25) is 19.2 Å². The van der Waals surface area contributed by atoms with Gasteiger partial charge in [-0.05, 0) is 56.3 Å². The number of carbonyl (C=O) groups is 2. The highest BCUT2D eigenvalue weighted by Gasteiger charge is 2.24. The fourth-order valence-electron chi connectivity index (χ4n) is 4.70. The van der Waals surface area contributed by atoms with Crippen LogP contribution in [0.1, 0.15) is 34.5 Å². The Bertz CT molecular complexity index is 1460. The van der Waals surface area contributed by atoms with E-state index < -0.39 is 0 Å². The number of aromatic nitrogens is 3. The van der Waals surface area contributed by atoms with E-state index in [2.05, 4.69) is 10.4 Å². The lowest BCUT2D eigenvalue weighted by Gasteiger charge is -2.32. The topological polar surface area (TPSA) is 83.4 Å². The van der Waals surface area contributed by atoms with Gasteiger partial charge >= 0.3 is 0 Å². The molecule has 3 heterocycles. The van der Waals surface area contributed by atoms with Crippen molar-refractivity contribution in [2.45, 2.75) is 19.9 Å².